The number of aryl methyl sites for hydroxylation is 1. The molecular weight excluding hydrogens is 414 g/mol. The Balaban J connectivity index is 1.51. The number of hydrogen-bond donors (Lipinski definition) is 0. The number of rotatable bonds is 5. The molecule has 0 spiro atoms. The summed E-state index contributed by atoms with van der Waals surface area (Å²) in [4.78, 5) is 36.6. The molecule has 6 nitrogen and oxygen atoms in total. The van der Waals surface area contributed by atoms with Gasteiger partial charge >= 0.3 is 0 Å². The molecule has 0 N–H and O–H groups in total. The first-order valence-corrected chi connectivity index (χ1v) is 11.2. The highest BCUT2D eigenvalue weighted by atomic mass is 16.5. The molecule has 5 rings (SSSR count). The zero-order valence-electron chi connectivity index (χ0n) is 19.0. The average molecular weight is 442 g/mol. The van der Waals surface area contributed by atoms with Gasteiger partial charge in [0.05, 0.1) is 7.11 Å². The monoisotopic (exact) mass is 441 g/mol. The summed E-state index contributed by atoms with van der Waals surface area (Å²) >= 11 is 0. The minimum absolute atomic E-state index is 0.140. The summed E-state index contributed by atoms with van der Waals surface area (Å²) in [6.07, 6.45) is 3.61. The lowest BCUT2D eigenvalue weighted by atomic mass is 9.82. The third kappa shape index (κ3) is 3.56. The topological polar surface area (TPSA) is 62.7 Å². The fourth-order valence-electron chi connectivity index (χ4n) is 5.12. The zero-order chi connectivity index (χ0) is 23.0. The van der Waals surface area contributed by atoms with E-state index in [-0.39, 0.29) is 11.6 Å². The number of nitrogens with zero attached hydrogens (tertiary/aromatic N) is 3. The number of hydrogen-bond acceptors (Lipinski definition) is 6. The summed E-state index contributed by atoms with van der Waals surface area (Å²) in [6.45, 7) is 5.62. The van der Waals surface area contributed by atoms with Crippen molar-refractivity contribution in [2.75, 3.05) is 33.3 Å². The number of pyridine rings is 1. The lowest BCUT2D eigenvalue weighted by molar-refractivity contribution is 0.0279. The van der Waals surface area contributed by atoms with E-state index in [1.165, 1.54) is 5.56 Å². The van der Waals surface area contributed by atoms with E-state index in [9.17, 15) is 9.59 Å². The highest BCUT2D eigenvalue weighted by Crippen LogP contribution is 2.44. The molecule has 33 heavy (non-hydrogen) atoms. The number of benzene rings is 2. The van der Waals surface area contributed by atoms with Gasteiger partial charge in [-0.3, -0.25) is 24.4 Å². The molecule has 1 fully saturated rings. The Morgan fingerprint density at radius 2 is 1.64 bits per heavy atom. The summed E-state index contributed by atoms with van der Waals surface area (Å²) in [6, 6.07) is 17.0. The van der Waals surface area contributed by atoms with Crippen LogP contribution in [-0.2, 0) is 12.1 Å². The molecule has 1 unspecified atom stereocenters. The maximum absolute atomic E-state index is 14.0. The molecule has 0 amide bonds. The largest absolute Gasteiger partial charge is 0.497 e. The van der Waals surface area contributed by atoms with Crippen LogP contribution in [0.15, 0.2) is 67.0 Å². The molecule has 1 aliphatic heterocycles. The molecule has 1 aromatic heterocycles. The third-order valence-electron chi connectivity index (χ3n) is 6.81. The number of ketones is 2. The number of fused-ring (bicyclic) bond motifs is 1. The predicted octanol–water partition coefficient (Wildman–Crippen LogP) is 3.49. The van der Waals surface area contributed by atoms with Crippen LogP contribution in [0.4, 0.5) is 0 Å². The maximum Gasteiger partial charge on any atom is 0.196 e. The Bertz CT molecular complexity index is 1200. The van der Waals surface area contributed by atoms with E-state index in [0.717, 1.165) is 30.8 Å². The smallest absolute Gasteiger partial charge is 0.196 e. The highest BCUT2D eigenvalue weighted by Gasteiger charge is 2.58. The van der Waals surface area contributed by atoms with Crippen molar-refractivity contribution in [2.24, 2.45) is 0 Å². The van der Waals surface area contributed by atoms with Gasteiger partial charge in [0.25, 0.3) is 0 Å². The second kappa shape index (κ2) is 8.54. The number of piperazine rings is 1. The Labute approximate surface area is 193 Å². The Morgan fingerprint density at radius 1 is 0.909 bits per heavy atom. The van der Waals surface area contributed by atoms with Crippen LogP contribution in [-0.4, -0.2) is 59.6 Å². The van der Waals surface area contributed by atoms with Crippen molar-refractivity contribution in [1.29, 1.82) is 0 Å². The number of methoxy groups -OCH3 is 1. The van der Waals surface area contributed by atoms with E-state index >= 15 is 0 Å². The van der Waals surface area contributed by atoms with Crippen LogP contribution in [0.1, 0.15) is 37.4 Å². The van der Waals surface area contributed by atoms with E-state index in [1.807, 2.05) is 43.3 Å². The molecule has 1 saturated heterocycles. The van der Waals surface area contributed by atoms with Crippen LogP contribution in [0, 0.1) is 6.92 Å². The fraction of sp³-hybridized carbons (Fsp3) is 0.296. The van der Waals surface area contributed by atoms with Gasteiger partial charge in [-0.05, 0) is 48.4 Å². The first-order valence-electron chi connectivity index (χ1n) is 11.2. The lowest BCUT2D eigenvalue weighted by Crippen LogP contribution is -2.60. The number of Topliss-reactive ketones (excluding diaryl/α,β-unsaturated/α-hetero) is 2. The lowest BCUT2D eigenvalue weighted by Gasteiger charge is -2.44. The van der Waals surface area contributed by atoms with Crippen molar-refractivity contribution in [1.82, 2.24) is 14.8 Å². The van der Waals surface area contributed by atoms with Crippen molar-refractivity contribution in [3.8, 4) is 5.75 Å². The Morgan fingerprint density at radius 3 is 2.33 bits per heavy atom. The van der Waals surface area contributed by atoms with Crippen LogP contribution in [0.3, 0.4) is 0 Å². The molecule has 2 aliphatic rings. The Hall–Kier alpha value is -3.35. The molecule has 1 aliphatic carbocycles. The molecule has 0 saturated carbocycles. The highest BCUT2D eigenvalue weighted by molar-refractivity contribution is 6.33. The fourth-order valence-corrected chi connectivity index (χ4v) is 5.12. The quantitative estimate of drug-likeness (QED) is 0.565. The number of aromatic nitrogens is 1. The third-order valence-corrected chi connectivity index (χ3v) is 6.81. The Kier molecular flexibility index (Phi) is 5.56. The van der Waals surface area contributed by atoms with Gasteiger partial charge in [0.2, 0.25) is 0 Å². The van der Waals surface area contributed by atoms with Gasteiger partial charge in [-0.15, -0.1) is 0 Å². The van der Waals surface area contributed by atoms with Gasteiger partial charge in [0, 0.05) is 56.2 Å². The SMILES string of the molecule is COc1ccc2c(c1)C(=O)C(c1cccc(C)c1)(N1CCN(Cc3ccncc3)CC1)C2=O. The van der Waals surface area contributed by atoms with Crippen LogP contribution in [0.5, 0.6) is 5.75 Å². The molecule has 0 bridgehead atoms. The summed E-state index contributed by atoms with van der Waals surface area (Å²) in [5, 5.41) is 0. The van der Waals surface area contributed by atoms with Crippen LogP contribution in [0.25, 0.3) is 0 Å². The molecule has 3 aromatic rings. The molecule has 168 valence electrons. The van der Waals surface area contributed by atoms with Gasteiger partial charge in [-0.1, -0.05) is 29.8 Å². The van der Waals surface area contributed by atoms with Crippen LogP contribution < -0.4 is 4.74 Å². The summed E-state index contributed by atoms with van der Waals surface area (Å²) in [5.74, 6) is 0.282. The number of ether oxygens (including phenoxy) is 1. The van der Waals surface area contributed by atoms with E-state index in [4.69, 9.17) is 4.74 Å². The molecular formula is C27H27N3O3. The van der Waals surface area contributed by atoms with Gasteiger partial charge in [-0.25, -0.2) is 0 Å². The average Bonchev–Trinajstić information content (AvgIpc) is 3.07. The van der Waals surface area contributed by atoms with Crippen molar-refractivity contribution in [3.63, 3.8) is 0 Å². The van der Waals surface area contributed by atoms with E-state index in [2.05, 4.69) is 14.8 Å². The zero-order valence-corrected chi connectivity index (χ0v) is 19.0. The van der Waals surface area contributed by atoms with Crippen LogP contribution in [0.2, 0.25) is 0 Å². The minimum atomic E-state index is -1.33. The maximum atomic E-state index is 14.0. The van der Waals surface area contributed by atoms with Gasteiger partial charge in [0.1, 0.15) is 5.75 Å². The molecule has 0 radical (unpaired) electrons. The number of carbonyl (C=O) groups excluding carboxylic acids is 2. The summed E-state index contributed by atoms with van der Waals surface area (Å²) in [7, 11) is 1.57. The molecule has 2 heterocycles. The number of carbonyl (C=O) groups is 2. The first-order chi connectivity index (χ1) is 16.0. The van der Waals surface area contributed by atoms with Crippen LogP contribution >= 0.6 is 0 Å². The standard InChI is InChI=1S/C27H27N3O3/c1-19-4-3-5-21(16-19)27(25(31)23-7-6-22(33-2)17-24(23)26(27)32)30-14-12-29(13-15-30)18-20-8-10-28-11-9-20/h3-11,16-17H,12-15,18H2,1-2H3. The molecule has 1 atom stereocenters. The van der Waals surface area contributed by atoms with Crippen molar-refractivity contribution < 1.29 is 14.3 Å². The van der Waals surface area contributed by atoms with Crippen molar-refractivity contribution in [2.45, 2.75) is 19.0 Å². The summed E-state index contributed by atoms with van der Waals surface area (Å²) < 4.78 is 5.34. The van der Waals surface area contributed by atoms with E-state index in [1.54, 1.807) is 37.7 Å². The van der Waals surface area contributed by atoms with Gasteiger partial charge in [0.15, 0.2) is 17.1 Å². The summed E-state index contributed by atoms with van der Waals surface area (Å²) in [5.41, 5.74) is 2.57. The minimum Gasteiger partial charge on any atom is -0.497 e. The van der Waals surface area contributed by atoms with Gasteiger partial charge < -0.3 is 4.74 Å². The predicted molar refractivity (Wildman–Crippen MR) is 126 cm³/mol. The molecule has 2 aromatic carbocycles. The van der Waals surface area contributed by atoms with Crippen molar-refractivity contribution >= 4 is 11.6 Å². The first kappa shape index (κ1) is 21.5. The van der Waals surface area contributed by atoms with E-state index in [0.29, 0.717) is 30.0 Å². The van der Waals surface area contributed by atoms with Crippen molar-refractivity contribution in [3.05, 3.63) is 94.8 Å². The van der Waals surface area contributed by atoms with E-state index < -0.39 is 5.54 Å². The normalized spacial score (nSPS) is 21.3. The van der Waals surface area contributed by atoms with Gasteiger partial charge in [-0.2, -0.15) is 0 Å². The second-order valence-electron chi connectivity index (χ2n) is 8.77. The second-order valence-corrected chi connectivity index (χ2v) is 8.77. The molecule has 6 heteroatoms.